The topological polar surface area (TPSA) is 17.1 Å². The van der Waals surface area contributed by atoms with Crippen LogP contribution in [-0.4, -0.2) is 5.78 Å². The fourth-order valence-corrected chi connectivity index (χ4v) is 6.15. The second-order valence-corrected chi connectivity index (χ2v) is 7.82. The van der Waals surface area contributed by atoms with Gasteiger partial charge in [-0.3, -0.25) is 4.79 Å². The predicted molar refractivity (Wildman–Crippen MR) is 81.2 cm³/mol. The van der Waals surface area contributed by atoms with Gasteiger partial charge in [-0.2, -0.15) is 0 Å². The van der Waals surface area contributed by atoms with E-state index in [0.717, 1.165) is 36.0 Å². The van der Waals surface area contributed by atoms with Crippen LogP contribution in [0, 0.1) is 35.5 Å². The van der Waals surface area contributed by atoms with Crippen molar-refractivity contribution in [2.75, 3.05) is 0 Å². The third-order valence-corrected chi connectivity index (χ3v) is 6.67. The molecule has 4 rings (SSSR count). The van der Waals surface area contributed by atoms with Crippen molar-refractivity contribution < 1.29 is 4.79 Å². The van der Waals surface area contributed by atoms with Gasteiger partial charge in [0.1, 0.15) is 0 Å². The molecule has 0 bridgehead atoms. The van der Waals surface area contributed by atoms with Crippen LogP contribution in [0.4, 0.5) is 0 Å². The van der Waals surface area contributed by atoms with E-state index in [1.807, 2.05) is 6.08 Å². The number of carbonyl (C=O) groups excluding carboxylic acids is 1. The summed E-state index contributed by atoms with van der Waals surface area (Å²) in [5, 5.41) is 0. The quantitative estimate of drug-likeness (QED) is 0.591. The third-order valence-electron chi connectivity index (χ3n) is 6.67. The molecule has 0 aromatic rings. The van der Waals surface area contributed by atoms with Crippen molar-refractivity contribution >= 4 is 5.78 Å². The van der Waals surface area contributed by atoms with Gasteiger partial charge in [-0.1, -0.05) is 31.1 Å². The van der Waals surface area contributed by atoms with Crippen LogP contribution in [0.5, 0.6) is 0 Å². The van der Waals surface area contributed by atoms with Crippen molar-refractivity contribution in [3.8, 4) is 0 Å². The largest absolute Gasteiger partial charge is 0.295 e. The number of hydrogen-bond acceptors (Lipinski definition) is 1. The van der Waals surface area contributed by atoms with E-state index in [1.165, 1.54) is 37.7 Å². The Kier molecular flexibility index (Phi) is 2.94. The van der Waals surface area contributed by atoms with Gasteiger partial charge < -0.3 is 0 Å². The molecule has 0 amide bonds. The molecule has 4 aliphatic rings. The molecule has 0 N–H and O–H groups in total. The summed E-state index contributed by atoms with van der Waals surface area (Å²) in [6, 6.07) is 0. The smallest absolute Gasteiger partial charge is 0.155 e. The van der Waals surface area contributed by atoms with Gasteiger partial charge in [0, 0.05) is 6.42 Å². The molecule has 1 heteroatoms. The van der Waals surface area contributed by atoms with Crippen LogP contribution in [-0.2, 0) is 4.79 Å². The van der Waals surface area contributed by atoms with E-state index in [2.05, 4.69) is 19.9 Å². The molecule has 0 aliphatic heterocycles. The van der Waals surface area contributed by atoms with Crippen molar-refractivity contribution in [2.24, 2.45) is 35.5 Å². The Labute approximate surface area is 122 Å². The van der Waals surface area contributed by atoms with Crippen LogP contribution in [0.1, 0.15) is 52.4 Å². The second kappa shape index (κ2) is 4.58. The van der Waals surface area contributed by atoms with Crippen molar-refractivity contribution in [1.29, 1.82) is 0 Å². The van der Waals surface area contributed by atoms with Crippen LogP contribution in [0.25, 0.3) is 0 Å². The second-order valence-electron chi connectivity index (χ2n) is 7.82. The minimum atomic E-state index is 0.381. The molecule has 0 spiro atoms. The highest BCUT2D eigenvalue weighted by molar-refractivity contribution is 5.91. The maximum atomic E-state index is 11.9. The summed E-state index contributed by atoms with van der Waals surface area (Å²) in [5.41, 5.74) is 3.29. The predicted octanol–water partition coefficient (Wildman–Crippen LogP) is 4.54. The standard InChI is InChI=1S/C19H26O/c1-11-8-14-10-15(20)9-12(2)18(14)17-7-6-13-4-3-5-16(13)19(11)17/h4,10-12,16-19H,3,5-9H2,1-2H3/t11?,12?,16-,17-,18+,19+/m1/s1. The number of carbonyl (C=O) groups is 1. The van der Waals surface area contributed by atoms with Crippen molar-refractivity contribution in [3.63, 3.8) is 0 Å². The lowest BCUT2D eigenvalue weighted by Gasteiger charge is -2.52. The maximum absolute atomic E-state index is 11.9. The molecule has 2 fully saturated rings. The van der Waals surface area contributed by atoms with Crippen LogP contribution >= 0.6 is 0 Å². The summed E-state index contributed by atoms with van der Waals surface area (Å²) in [6.45, 7) is 4.77. The van der Waals surface area contributed by atoms with Crippen LogP contribution in [0.15, 0.2) is 23.3 Å². The Morgan fingerprint density at radius 3 is 2.75 bits per heavy atom. The van der Waals surface area contributed by atoms with E-state index in [1.54, 1.807) is 5.57 Å². The van der Waals surface area contributed by atoms with Crippen LogP contribution in [0.2, 0.25) is 0 Å². The summed E-state index contributed by atoms with van der Waals surface area (Å²) in [7, 11) is 0. The molecule has 0 aromatic heterocycles. The SMILES string of the molecule is CC1CC2=CC(=O)CC(C)[C@@H]2[C@H]2CCC3=CCC[C@H]3[C@H]12. The lowest BCUT2D eigenvalue weighted by Crippen LogP contribution is -2.45. The summed E-state index contributed by atoms with van der Waals surface area (Å²) in [4.78, 5) is 11.9. The summed E-state index contributed by atoms with van der Waals surface area (Å²) < 4.78 is 0. The zero-order valence-electron chi connectivity index (χ0n) is 12.8. The molecule has 4 aliphatic carbocycles. The van der Waals surface area contributed by atoms with Gasteiger partial charge in [-0.25, -0.2) is 0 Å². The van der Waals surface area contributed by atoms with E-state index in [0.29, 0.717) is 11.7 Å². The average Bonchev–Trinajstić information content (AvgIpc) is 2.85. The van der Waals surface area contributed by atoms with Gasteiger partial charge in [0.05, 0.1) is 0 Å². The van der Waals surface area contributed by atoms with Gasteiger partial charge in [-0.15, -0.1) is 0 Å². The Bertz CT molecular complexity index is 498. The molecule has 6 atom stereocenters. The molecule has 2 saturated carbocycles. The molecule has 0 saturated heterocycles. The minimum Gasteiger partial charge on any atom is -0.295 e. The number of allylic oxidation sites excluding steroid dienone is 4. The fraction of sp³-hybridized carbons (Fsp3) is 0.737. The van der Waals surface area contributed by atoms with E-state index in [4.69, 9.17) is 0 Å². The molecule has 0 radical (unpaired) electrons. The molecular weight excluding hydrogens is 244 g/mol. The lowest BCUT2D eigenvalue weighted by molar-refractivity contribution is -0.117. The van der Waals surface area contributed by atoms with E-state index in [9.17, 15) is 4.79 Å². The summed E-state index contributed by atoms with van der Waals surface area (Å²) in [6.07, 6.45) is 12.0. The normalized spacial score (nSPS) is 47.0. The van der Waals surface area contributed by atoms with Crippen LogP contribution < -0.4 is 0 Å². The van der Waals surface area contributed by atoms with Crippen molar-refractivity contribution in [1.82, 2.24) is 0 Å². The summed E-state index contributed by atoms with van der Waals surface area (Å²) in [5.74, 6) is 5.09. The molecule has 20 heavy (non-hydrogen) atoms. The Balaban J connectivity index is 1.71. The lowest BCUT2D eigenvalue weighted by atomic mass is 9.52. The first-order valence-corrected chi connectivity index (χ1v) is 8.57. The molecule has 0 aromatic carbocycles. The third kappa shape index (κ3) is 1.78. The number of fused-ring (bicyclic) bond motifs is 5. The maximum Gasteiger partial charge on any atom is 0.155 e. The Morgan fingerprint density at radius 1 is 1.05 bits per heavy atom. The fourth-order valence-electron chi connectivity index (χ4n) is 6.15. The molecule has 2 unspecified atom stereocenters. The molecular formula is C19H26O. The molecule has 1 nitrogen and oxygen atoms in total. The molecule has 108 valence electrons. The number of ketones is 1. The van der Waals surface area contributed by atoms with Gasteiger partial charge in [-0.05, 0) is 73.7 Å². The first-order valence-electron chi connectivity index (χ1n) is 8.57. The number of hydrogen-bond donors (Lipinski definition) is 0. The van der Waals surface area contributed by atoms with Crippen molar-refractivity contribution in [2.45, 2.75) is 52.4 Å². The van der Waals surface area contributed by atoms with E-state index < -0.39 is 0 Å². The first kappa shape index (κ1) is 12.9. The van der Waals surface area contributed by atoms with Gasteiger partial charge >= 0.3 is 0 Å². The zero-order chi connectivity index (χ0) is 13.9. The van der Waals surface area contributed by atoms with E-state index in [-0.39, 0.29) is 0 Å². The highest BCUT2D eigenvalue weighted by Crippen LogP contribution is 2.58. The van der Waals surface area contributed by atoms with Gasteiger partial charge in [0.2, 0.25) is 0 Å². The van der Waals surface area contributed by atoms with Crippen molar-refractivity contribution in [3.05, 3.63) is 23.3 Å². The van der Waals surface area contributed by atoms with E-state index >= 15 is 0 Å². The Morgan fingerprint density at radius 2 is 1.90 bits per heavy atom. The monoisotopic (exact) mass is 270 g/mol. The van der Waals surface area contributed by atoms with Crippen LogP contribution in [0.3, 0.4) is 0 Å². The van der Waals surface area contributed by atoms with Gasteiger partial charge in [0.15, 0.2) is 5.78 Å². The first-order chi connectivity index (χ1) is 9.65. The average molecular weight is 270 g/mol. The molecule has 0 heterocycles. The highest BCUT2D eigenvalue weighted by atomic mass is 16.1. The highest BCUT2D eigenvalue weighted by Gasteiger charge is 2.49. The number of rotatable bonds is 0. The van der Waals surface area contributed by atoms with Gasteiger partial charge in [0.25, 0.3) is 0 Å². The minimum absolute atomic E-state index is 0.381. The Hall–Kier alpha value is -0.850. The zero-order valence-corrected chi connectivity index (χ0v) is 12.8. The summed E-state index contributed by atoms with van der Waals surface area (Å²) >= 11 is 0.